The molecule has 0 radical (unpaired) electrons. The molecule has 0 N–H and O–H groups in total. The van der Waals surface area contributed by atoms with Gasteiger partial charge >= 0.3 is 0 Å². The molecule has 0 aliphatic heterocycles. The first-order valence-electron chi connectivity index (χ1n) is 22.0. The average Bonchev–Trinajstić information content (AvgIpc) is 3.71. The molecule has 0 aliphatic rings. The van der Waals surface area contributed by atoms with E-state index >= 15 is 0 Å². The van der Waals surface area contributed by atoms with E-state index in [9.17, 15) is 0 Å². The number of nitrogens with zero attached hydrogens (tertiary/aromatic N) is 2. The number of rotatable bonds is 8. The van der Waals surface area contributed by atoms with E-state index in [1.807, 2.05) is 0 Å². The van der Waals surface area contributed by atoms with Crippen LogP contribution in [-0.2, 0) is 0 Å². The van der Waals surface area contributed by atoms with Crippen LogP contribution >= 0.6 is 0 Å². The lowest BCUT2D eigenvalue weighted by atomic mass is 9.93. The predicted molar refractivity (Wildman–Crippen MR) is 272 cm³/mol. The molecule has 0 saturated heterocycles. The molecule has 2 heteroatoms. The quantitative estimate of drug-likeness (QED) is 0.148. The van der Waals surface area contributed by atoms with Gasteiger partial charge in [-0.15, -0.1) is 0 Å². The second kappa shape index (κ2) is 15.8. The van der Waals surface area contributed by atoms with Crippen molar-refractivity contribution in [2.24, 2.45) is 0 Å². The van der Waals surface area contributed by atoms with Gasteiger partial charge in [-0.3, -0.25) is 0 Å². The van der Waals surface area contributed by atoms with Crippen LogP contribution in [0.4, 0.5) is 17.1 Å². The van der Waals surface area contributed by atoms with E-state index < -0.39 is 0 Å². The minimum absolute atomic E-state index is 1.08. The first-order chi connectivity index (χ1) is 31.7. The maximum absolute atomic E-state index is 2.43. The summed E-state index contributed by atoms with van der Waals surface area (Å²) in [6.07, 6.45) is 0. The molecular formula is C62H42N2. The van der Waals surface area contributed by atoms with E-state index in [2.05, 4.69) is 264 Å². The highest BCUT2D eigenvalue weighted by atomic mass is 15.1. The van der Waals surface area contributed by atoms with Crippen LogP contribution in [0.15, 0.2) is 255 Å². The molecule has 0 bridgehead atoms. The summed E-state index contributed by atoms with van der Waals surface area (Å²) in [4.78, 5) is 2.38. The van der Waals surface area contributed by atoms with Gasteiger partial charge in [-0.05, 0) is 121 Å². The third-order valence-electron chi connectivity index (χ3n) is 12.8. The lowest BCUT2D eigenvalue weighted by molar-refractivity contribution is 1.18. The fraction of sp³-hybridized carbons (Fsp3) is 0. The lowest BCUT2D eigenvalue weighted by Gasteiger charge is -2.27. The molecule has 11 aromatic carbocycles. The summed E-state index contributed by atoms with van der Waals surface area (Å²) in [6, 6.07) is 92.7. The SMILES string of the molecule is c1cc(-c2ccc3ccccc3c2)cc(N(c2ccc(-c3ccccc3-c3ccccc3-n3c4ccccc4c4ccccc43)cc2)c2ccc(-c3cccc4ccccc34)cc2)c1. The minimum atomic E-state index is 1.08. The molecule has 64 heavy (non-hydrogen) atoms. The minimum Gasteiger partial charge on any atom is -0.310 e. The van der Waals surface area contributed by atoms with Crippen molar-refractivity contribution in [3.63, 3.8) is 0 Å². The van der Waals surface area contributed by atoms with Crippen LogP contribution in [0.3, 0.4) is 0 Å². The van der Waals surface area contributed by atoms with E-state index in [-0.39, 0.29) is 0 Å². The van der Waals surface area contributed by atoms with Gasteiger partial charge in [0.1, 0.15) is 0 Å². The molecule has 2 nitrogen and oxygen atoms in total. The summed E-state index contributed by atoms with van der Waals surface area (Å²) >= 11 is 0. The zero-order chi connectivity index (χ0) is 42.4. The van der Waals surface area contributed by atoms with Gasteiger partial charge in [0, 0.05) is 33.4 Å². The van der Waals surface area contributed by atoms with Crippen molar-refractivity contribution in [1.29, 1.82) is 0 Å². The molecule has 1 heterocycles. The lowest BCUT2D eigenvalue weighted by Crippen LogP contribution is -2.10. The Morgan fingerprint density at radius 3 is 1.45 bits per heavy atom. The van der Waals surface area contributed by atoms with Gasteiger partial charge in [-0.2, -0.15) is 0 Å². The number of fused-ring (bicyclic) bond motifs is 5. The third-order valence-corrected chi connectivity index (χ3v) is 12.8. The molecule has 0 fully saturated rings. The Labute approximate surface area is 373 Å². The van der Waals surface area contributed by atoms with Crippen molar-refractivity contribution in [2.75, 3.05) is 4.90 Å². The summed E-state index contributed by atoms with van der Waals surface area (Å²) in [5.41, 5.74) is 16.4. The van der Waals surface area contributed by atoms with Crippen LogP contribution in [0.5, 0.6) is 0 Å². The van der Waals surface area contributed by atoms with Crippen molar-refractivity contribution in [3.05, 3.63) is 255 Å². The Bertz CT molecular complexity index is 3610. The van der Waals surface area contributed by atoms with E-state index in [1.54, 1.807) is 0 Å². The Balaban J connectivity index is 0.962. The van der Waals surface area contributed by atoms with Gasteiger partial charge in [-0.25, -0.2) is 0 Å². The third kappa shape index (κ3) is 6.52. The van der Waals surface area contributed by atoms with E-state index in [4.69, 9.17) is 0 Å². The number of para-hydroxylation sites is 3. The highest BCUT2D eigenvalue weighted by Crippen LogP contribution is 2.42. The molecule has 0 unspecified atom stereocenters. The molecule has 12 aromatic rings. The van der Waals surface area contributed by atoms with Crippen LogP contribution in [0.25, 0.3) is 93.5 Å². The second-order valence-electron chi connectivity index (χ2n) is 16.5. The summed E-state index contributed by atoms with van der Waals surface area (Å²) in [5, 5.41) is 7.49. The first-order valence-corrected chi connectivity index (χ1v) is 22.0. The van der Waals surface area contributed by atoms with Crippen molar-refractivity contribution < 1.29 is 0 Å². The molecule has 0 aliphatic carbocycles. The topological polar surface area (TPSA) is 8.17 Å². The van der Waals surface area contributed by atoms with E-state index in [0.29, 0.717) is 0 Å². The zero-order valence-corrected chi connectivity index (χ0v) is 35.1. The smallest absolute Gasteiger partial charge is 0.0541 e. The average molecular weight is 815 g/mol. The van der Waals surface area contributed by atoms with Crippen LogP contribution in [0.2, 0.25) is 0 Å². The predicted octanol–water partition coefficient (Wildman–Crippen LogP) is 17.2. The molecule has 0 atom stereocenters. The number of aromatic nitrogens is 1. The number of benzene rings is 11. The standard InChI is InChI=1S/C62H42N2/c1-2-17-47-41-49(32-31-43(47)15-1)48-19-13-20-52(42-48)63(50-37-33-45(34-38-50)54-27-14-18-44-16-3-4-21-53(44)54)51-39-35-46(36-40-51)55-22-5-6-23-56(55)57-24-7-10-28-60(57)64-61-29-11-8-25-58(61)59-26-9-12-30-62(59)64/h1-42H. The molecule has 12 rings (SSSR count). The van der Waals surface area contributed by atoms with Crippen LogP contribution in [0.1, 0.15) is 0 Å². The monoisotopic (exact) mass is 814 g/mol. The Morgan fingerprint density at radius 2 is 0.734 bits per heavy atom. The molecular weight excluding hydrogens is 773 g/mol. The molecule has 0 saturated carbocycles. The highest BCUT2D eigenvalue weighted by molar-refractivity contribution is 6.10. The molecule has 300 valence electrons. The van der Waals surface area contributed by atoms with Gasteiger partial charge in [0.15, 0.2) is 0 Å². The summed E-state index contributed by atoms with van der Waals surface area (Å²) in [5.74, 6) is 0. The normalized spacial score (nSPS) is 11.4. The van der Waals surface area contributed by atoms with Gasteiger partial charge in [-0.1, -0.05) is 194 Å². The first kappa shape index (κ1) is 37.3. The number of anilines is 3. The van der Waals surface area contributed by atoms with Crippen LogP contribution < -0.4 is 4.90 Å². The van der Waals surface area contributed by atoms with Crippen molar-refractivity contribution in [3.8, 4) is 50.2 Å². The van der Waals surface area contributed by atoms with Crippen LogP contribution in [0, 0.1) is 0 Å². The van der Waals surface area contributed by atoms with Crippen molar-refractivity contribution >= 4 is 60.4 Å². The molecule has 0 amide bonds. The fourth-order valence-electron chi connectivity index (χ4n) is 9.75. The summed E-state index contributed by atoms with van der Waals surface area (Å²) < 4.78 is 2.43. The fourth-order valence-corrected chi connectivity index (χ4v) is 9.75. The highest BCUT2D eigenvalue weighted by Gasteiger charge is 2.19. The Morgan fingerprint density at radius 1 is 0.250 bits per heavy atom. The van der Waals surface area contributed by atoms with Gasteiger partial charge < -0.3 is 9.47 Å². The van der Waals surface area contributed by atoms with E-state index in [0.717, 1.165) is 28.3 Å². The number of hydrogen-bond donors (Lipinski definition) is 0. The maximum Gasteiger partial charge on any atom is 0.0541 e. The second-order valence-corrected chi connectivity index (χ2v) is 16.5. The number of hydrogen-bond acceptors (Lipinski definition) is 1. The molecule has 0 spiro atoms. The Hall–Kier alpha value is -8.46. The van der Waals surface area contributed by atoms with E-state index in [1.165, 1.54) is 82.3 Å². The zero-order valence-electron chi connectivity index (χ0n) is 35.1. The van der Waals surface area contributed by atoms with Crippen molar-refractivity contribution in [2.45, 2.75) is 0 Å². The van der Waals surface area contributed by atoms with Crippen molar-refractivity contribution in [1.82, 2.24) is 4.57 Å². The van der Waals surface area contributed by atoms with Gasteiger partial charge in [0.2, 0.25) is 0 Å². The Kier molecular flexibility index (Phi) is 9.20. The molecule has 1 aromatic heterocycles. The summed E-state index contributed by atoms with van der Waals surface area (Å²) in [6.45, 7) is 0. The largest absolute Gasteiger partial charge is 0.310 e. The summed E-state index contributed by atoms with van der Waals surface area (Å²) in [7, 11) is 0. The maximum atomic E-state index is 2.43. The van der Waals surface area contributed by atoms with Gasteiger partial charge in [0.25, 0.3) is 0 Å². The van der Waals surface area contributed by atoms with Crippen LogP contribution in [-0.4, -0.2) is 4.57 Å². The van der Waals surface area contributed by atoms with Gasteiger partial charge in [0.05, 0.1) is 16.7 Å².